The van der Waals surface area contributed by atoms with Crippen LogP contribution in [0.1, 0.15) is 26.3 Å². The van der Waals surface area contributed by atoms with Crippen LogP contribution < -0.4 is 4.43 Å². The fourth-order valence-electron chi connectivity index (χ4n) is 1.25. The molecule has 1 aromatic rings. The molecule has 0 amide bonds. The maximum absolute atomic E-state index is 10.5. The average Bonchev–Trinajstić information content (AvgIpc) is 2.26. The van der Waals surface area contributed by atoms with E-state index >= 15 is 0 Å². The molecule has 0 bridgehead atoms. The van der Waals surface area contributed by atoms with Gasteiger partial charge in [0.25, 0.3) is 0 Å². The van der Waals surface area contributed by atoms with Crippen LogP contribution in [0.4, 0.5) is 0 Å². The Labute approximate surface area is 116 Å². The van der Waals surface area contributed by atoms with Crippen molar-refractivity contribution in [2.24, 2.45) is 0 Å². The zero-order chi connectivity index (χ0) is 14.7. The van der Waals surface area contributed by atoms with E-state index in [1.54, 1.807) is 0 Å². The zero-order valence-electron chi connectivity index (χ0n) is 12.2. The van der Waals surface area contributed by atoms with Crippen LogP contribution >= 0.6 is 8.25 Å². The van der Waals surface area contributed by atoms with Crippen molar-refractivity contribution in [3.05, 3.63) is 29.8 Å². The normalized spacial score (nSPS) is 14.2. The monoisotopic (exact) mass is 302 g/mol. The molecule has 0 aliphatic carbocycles. The quantitative estimate of drug-likeness (QED) is 0.660. The van der Waals surface area contributed by atoms with E-state index in [-0.39, 0.29) is 11.6 Å². The molecule has 0 aliphatic rings. The lowest BCUT2D eigenvalue weighted by Gasteiger charge is -2.36. The average molecular weight is 302 g/mol. The van der Waals surface area contributed by atoms with E-state index in [0.29, 0.717) is 0 Å². The van der Waals surface area contributed by atoms with Gasteiger partial charge in [-0.25, -0.2) is 0 Å². The minimum atomic E-state index is -2.86. The molecule has 0 aliphatic heterocycles. The molecule has 0 saturated carbocycles. The van der Waals surface area contributed by atoms with Crippen molar-refractivity contribution in [1.82, 2.24) is 0 Å². The highest BCUT2D eigenvalue weighted by molar-refractivity contribution is 7.32. The van der Waals surface area contributed by atoms with Crippen LogP contribution in [0.2, 0.25) is 18.1 Å². The van der Waals surface area contributed by atoms with E-state index in [1.165, 1.54) is 0 Å². The third-order valence-electron chi connectivity index (χ3n) is 3.46. The Morgan fingerprint density at radius 2 is 1.74 bits per heavy atom. The Bertz CT molecular complexity index is 437. The number of benzene rings is 1. The summed E-state index contributed by atoms with van der Waals surface area (Å²) in [6.45, 7) is 11.1. The fraction of sp³-hybridized carbons (Fsp3) is 0.538. The first-order valence-corrected chi connectivity index (χ1v) is 10.4. The summed E-state index contributed by atoms with van der Waals surface area (Å²) in [5.74, 6) is 0.840. The minimum Gasteiger partial charge on any atom is -0.544 e. The third kappa shape index (κ3) is 5.11. The van der Waals surface area contributed by atoms with Crippen LogP contribution in [0.3, 0.4) is 0 Å². The van der Waals surface area contributed by atoms with Crippen LogP contribution in [0.25, 0.3) is 0 Å². The van der Waals surface area contributed by atoms with Gasteiger partial charge in [0.2, 0.25) is 8.32 Å². The van der Waals surface area contributed by atoms with Crippen molar-refractivity contribution in [3.63, 3.8) is 0 Å². The lowest BCUT2D eigenvalue weighted by molar-refractivity contribution is 0.272. The summed E-state index contributed by atoms with van der Waals surface area (Å²) in [7, 11) is -4.68. The van der Waals surface area contributed by atoms with Crippen LogP contribution in [0.5, 0.6) is 5.75 Å². The molecule has 4 nitrogen and oxygen atoms in total. The third-order valence-corrected chi connectivity index (χ3v) is 8.21. The fourth-order valence-corrected chi connectivity index (χ4v) is 2.57. The highest BCUT2D eigenvalue weighted by Crippen LogP contribution is 2.37. The summed E-state index contributed by atoms with van der Waals surface area (Å²) in [4.78, 5) is 8.62. The molecule has 0 aromatic heterocycles. The van der Waals surface area contributed by atoms with Gasteiger partial charge in [-0.05, 0) is 35.8 Å². The highest BCUT2D eigenvalue weighted by atomic mass is 31.1. The van der Waals surface area contributed by atoms with Crippen molar-refractivity contribution in [2.75, 3.05) is 0 Å². The Balaban J connectivity index is 2.69. The SMILES string of the molecule is CC(C)(C)[Si](C)(C)Oc1ccc(CO[PH](=O)O)cc1. The molecule has 1 rings (SSSR count). The van der Waals surface area contributed by atoms with E-state index in [4.69, 9.17) is 13.8 Å². The van der Waals surface area contributed by atoms with Crippen molar-refractivity contribution >= 4 is 16.6 Å². The summed E-state index contributed by atoms with van der Waals surface area (Å²) in [6, 6.07) is 7.47. The maximum Gasteiger partial charge on any atom is 0.316 e. The van der Waals surface area contributed by atoms with Gasteiger partial charge in [0.05, 0.1) is 6.61 Å². The minimum absolute atomic E-state index is 0.147. The van der Waals surface area contributed by atoms with Crippen LogP contribution in [0.15, 0.2) is 24.3 Å². The van der Waals surface area contributed by atoms with Gasteiger partial charge in [-0.15, -0.1) is 0 Å². The van der Waals surface area contributed by atoms with Gasteiger partial charge in [-0.3, -0.25) is 4.57 Å². The molecule has 108 valence electrons. The van der Waals surface area contributed by atoms with Crippen molar-refractivity contribution in [3.8, 4) is 5.75 Å². The molecular formula is C13H23O4PSi. The Hall–Kier alpha value is -0.613. The van der Waals surface area contributed by atoms with E-state index < -0.39 is 16.6 Å². The number of rotatable bonds is 5. The Morgan fingerprint density at radius 3 is 2.16 bits per heavy atom. The molecule has 6 heteroatoms. The van der Waals surface area contributed by atoms with Crippen molar-refractivity contribution < 1.29 is 18.4 Å². The Kier molecular flexibility index (Phi) is 5.39. The molecule has 0 saturated heterocycles. The van der Waals surface area contributed by atoms with Crippen LogP contribution in [0, 0.1) is 0 Å². The maximum atomic E-state index is 10.5. The van der Waals surface area contributed by atoms with E-state index in [0.717, 1.165) is 11.3 Å². The largest absolute Gasteiger partial charge is 0.544 e. The van der Waals surface area contributed by atoms with E-state index in [1.807, 2.05) is 24.3 Å². The lowest BCUT2D eigenvalue weighted by atomic mass is 10.2. The molecule has 1 unspecified atom stereocenters. The second-order valence-electron chi connectivity index (χ2n) is 6.06. The molecule has 0 fully saturated rings. The van der Waals surface area contributed by atoms with Gasteiger partial charge in [0.1, 0.15) is 5.75 Å². The van der Waals surface area contributed by atoms with Gasteiger partial charge in [-0.2, -0.15) is 0 Å². The van der Waals surface area contributed by atoms with Gasteiger partial charge >= 0.3 is 8.25 Å². The summed E-state index contributed by atoms with van der Waals surface area (Å²) in [5, 5.41) is 0.158. The summed E-state index contributed by atoms with van der Waals surface area (Å²) < 4.78 is 21.3. The molecule has 0 spiro atoms. The molecule has 0 heterocycles. The second-order valence-corrected chi connectivity index (χ2v) is 11.6. The van der Waals surface area contributed by atoms with Crippen molar-refractivity contribution in [2.45, 2.75) is 45.5 Å². The predicted octanol–water partition coefficient (Wildman–Crippen LogP) is 3.97. The number of hydrogen-bond acceptors (Lipinski definition) is 3. The number of hydrogen-bond donors (Lipinski definition) is 1. The zero-order valence-corrected chi connectivity index (χ0v) is 14.2. The van der Waals surface area contributed by atoms with Gasteiger partial charge in [-0.1, -0.05) is 32.9 Å². The predicted molar refractivity (Wildman–Crippen MR) is 80.3 cm³/mol. The summed E-state index contributed by atoms with van der Waals surface area (Å²) in [6.07, 6.45) is 0. The molecular weight excluding hydrogens is 279 g/mol. The van der Waals surface area contributed by atoms with Gasteiger partial charge in [0, 0.05) is 0 Å². The van der Waals surface area contributed by atoms with E-state index in [2.05, 4.69) is 33.9 Å². The van der Waals surface area contributed by atoms with Crippen molar-refractivity contribution in [1.29, 1.82) is 0 Å². The first-order chi connectivity index (χ1) is 8.62. The van der Waals surface area contributed by atoms with E-state index in [9.17, 15) is 4.57 Å². The summed E-state index contributed by atoms with van der Waals surface area (Å²) in [5.41, 5.74) is 0.856. The second kappa shape index (κ2) is 6.22. The Morgan fingerprint density at radius 1 is 1.21 bits per heavy atom. The highest BCUT2D eigenvalue weighted by Gasteiger charge is 2.38. The standard InChI is InChI=1S/C13H23O4PSi/c1-13(2,3)19(4,5)17-12-8-6-11(7-9-12)10-16-18(14)15/h6-9,18H,10H2,1-5H3,(H,14,15). The lowest BCUT2D eigenvalue weighted by Crippen LogP contribution is -2.43. The topological polar surface area (TPSA) is 55.8 Å². The molecule has 1 aromatic carbocycles. The van der Waals surface area contributed by atoms with Crippen LogP contribution in [-0.4, -0.2) is 13.2 Å². The first-order valence-electron chi connectivity index (χ1n) is 6.25. The molecule has 19 heavy (non-hydrogen) atoms. The van der Waals surface area contributed by atoms with Crippen LogP contribution in [-0.2, 0) is 15.7 Å². The molecule has 1 N–H and O–H groups in total. The molecule has 1 atom stereocenters. The van der Waals surface area contributed by atoms with Gasteiger partial charge < -0.3 is 13.8 Å². The summed E-state index contributed by atoms with van der Waals surface area (Å²) >= 11 is 0. The smallest absolute Gasteiger partial charge is 0.316 e. The molecule has 0 radical (unpaired) electrons. The van der Waals surface area contributed by atoms with Gasteiger partial charge in [0.15, 0.2) is 0 Å². The first kappa shape index (κ1) is 16.4.